The summed E-state index contributed by atoms with van der Waals surface area (Å²) < 4.78 is 14.9. The number of hydrogen-bond acceptors (Lipinski definition) is 4. The highest BCUT2D eigenvalue weighted by atomic mass is 32.2. The summed E-state index contributed by atoms with van der Waals surface area (Å²) in [6.45, 7) is 0. The number of thioether (sulfide) groups is 1. The SMILES string of the molecule is Cn1c(SCC(=O)c2ccc(-c3ccccc3)cc2)nnc1-c1ccc(F)cc1. The van der Waals surface area contributed by atoms with Crippen LogP contribution in [0.4, 0.5) is 4.39 Å². The molecule has 0 aliphatic carbocycles. The molecule has 29 heavy (non-hydrogen) atoms. The van der Waals surface area contributed by atoms with Crippen molar-refractivity contribution in [3.8, 4) is 22.5 Å². The number of hydrogen-bond donors (Lipinski definition) is 0. The Morgan fingerprint density at radius 1 is 0.862 bits per heavy atom. The third-order valence-electron chi connectivity index (χ3n) is 4.58. The Hall–Kier alpha value is -3.25. The van der Waals surface area contributed by atoms with E-state index in [2.05, 4.69) is 10.2 Å². The number of Topliss-reactive ketones (excluding diaryl/α,β-unsaturated/α-hetero) is 1. The van der Waals surface area contributed by atoms with E-state index in [9.17, 15) is 9.18 Å². The molecule has 4 nitrogen and oxygen atoms in total. The molecule has 0 unspecified atom stereocenters. The second-order valence-corrected chi connectivity index (χ2v) is 7.47. The van der Waals surface area contributed by atoms with Gasteiger partial charge in [0.05, 0.1) is 5.75 Å². The Morgan fingerprint density at radius 3 is 2.17 bits per heavy atom. The fourth-order valence-corrected chi connectivity index (χ4v) is 3.79. The van der Waals surface area contributed by atoms with E-state index in [0.717, 1.165) is 16.7 Å². The Kier molecular flexibility index (Phi) is 5.53. The van der Waals surface area contributed by atoms with Crippen LogP contribution in [0.5, 0.6) is 0 Å². The molecule has 144 valence electrons. The van der Waals surface area contributed by atoms with Crippen LogP contribution < -0.4 is 0 Å². The van der Waals surface area contributed by atoms with Crippen molar-refractivity contribution in [3.05, 3.63) is 90.2 Å². The Bertz CT molecular complexity index is 1120. The number of benzene rings is 3. The van der Waals surface area contributed by atoms with Gasteiger partial charge in [0.2, 0.25) is 0 Å². The van der Waals surface area contributed by atoms with Crippen molar-refractivity contribution in [1.29, 1.82) is 0 Å². The third kappa shape index (κ3) is 4.27. The van der Waals surface area contributed by atoms with Gasteiger partial charge in [-0.3, -0.25) is 4.79 Å². The Balaban J connectivity index is 1.43. The average Bonchev–Trinajstić information content (AvgIpc) is 3.13. The highest BCUT2D eigenvalue weighted by Gasteiger charge is 2.14. The van der Waals surface area contributed by atoms with Gasteiger partial charge in [-0.25, -0.2) is 4.39 Å². The second-order valence-electron chi connectivity index (χ2n) is 6.53. The topological polar surface area (TPSA) is 47.8 Å². The third-order valence-corrected chi connectivity index (χ3v) is 5.60. The van der Waals surface area contributed by atoms with Crippen LogP contribution in [0.2, 0.25) is 0 Å². The lowest BCUT2D eigenvalue weighted by atomic mass is 10.0. The lowest BCUT2D eigenvalue weighted by Crippen LogP contribution is -2.04. The monoisotopic (exact) mass is 403 g/mol. The van der Waals surface area contributed by atoms with E-state index >= 15 is 0 Å². The Morgan fingerprint density at radius 2 is 1.48 bits per heavy atom. The zero-order chi connectivity index (χ0) is 20.2. The van der Waals surface area contributed by atoms with Gasteiger partial charge in [0.1, 0.15) is 5.82 Å². The van der Waals surface area contributed by atoms with Crippen LogP contribution in [0.15, 0.2) is 84.0 Å². The number of nitrogens with zero attached hydrogens (tertiary/aromatic N) is 3. The van der Waals surface area contributed by atoms with E-state index < -0.39 is 0 Å². The highest BCUT2D eigenvalue weighted by Crippen LogP contribution is 2.24. The van der Waals surface area contributed by atoms with Crippen LogP contribution in [0.1, 0.15) is 10.4 Å². The fraction of sp³-hybridized carbons (Fsp3) is 0.0870. The molecule has 0 aliphatic heterocycles. The normalized spacial score (nSPS) is 10.8. The minimum absolute atomic E-state index is 0.0287. The van der Waals surface area contributed by atoms with Gasteiger partial charge in [-0.1, -0.05) is 66.4 Å². The maximum Gasteiger partial charge on any atom is 0.191 e. The first-order valence-corrected chi connectivity index (χ1v) is 10.1. The molecular weight excluding hydrogens is 385 g/mol. The van der Waals surface area contributed by atoms with Crippen LogP contribution >= 0.6 is 11.8 Å². The summed E-state index contributed by atoms with van der Waals surface area (Å²) in [4.78, 5) is 12.6. The first-order valence-electron chi connectivity index (χ1n) is 9.08. The number of rotatable bonds is 6. The molecule has 6 heteroatoms. The zero-order valence-corrected chi connectivity index (χ0v) is 16.6. The summed E-state index contributed by atoms with van der Waals surface area (Å²) >= 11 is 1.33. The molecule has 0 spiro atoms. The molecule has 0 fully saturated rings. The lowest BCUT2D eigenvalue weighted by molar-refractivity contribution is 0.102. The van der Waals surface area contributed by atoms with Gasteiger partial charge in [0, 0.05) is 18.2 Å². The van der Waals surface area contributed by atoms with E-state index in [0.29, 0.717) is 16.5 Å². The van der Waals surface area contributed by atoms with E-state index in [1.807, 2.05) is 66.2 Å². The van der Waals surface area contributed by atoms with Crippen LogP contribution in [0, 0.1) is 5.82 Å². The van der Waals surface area contributed by atoms with Gasteiger partial charge < -0.3 is 4.57 Å². The van der Waals surface area contributed by atoms with Crippen LogP contribution in [-0.4, -0.2) is 26.3 Å². The predicted molar refractivity (Wildman–Crippen MR) is 113 cm³/mol. The Labute approximate surface area is 172 Å². The zero-order valence-electron chi connectivity index (χ0n) is 15.7. The molecule has 4 rings (SSSR count). The summed E-state index contributed by atoms with van der Waals surface area (Å²) in [5.74, 6) is 0.627. The summed E-state index contributed by atoms with van der Waals surface area (Å²) in [7, 11) is 1.83. The molecule has 1 heterocycles. The summed E-state index contributed by atoms with van der Waals surface area (Å²) in [5.41, 5.74) is 3.63. The smallest absolute Gasteiger partial charge is 0.191 e. The molecule has 0 saturated heterocycles. The van der Waals surface area contributed by atoms with Gasteiger partial charge in [-0.05, 0) is 35.4 Å². The highest BCUT2D eigenvalue weighted by molar-refractivity contribution is 7.99. The fourth-order valence-electron chi connectivity index (χ4n) is 2.98. The van der Waals surface area contributed by atoms with Crippen molar-refractivity contribution in [1.82, 2.24) is 14.8 Å². The van der Waals surface area contributed by atoms with Gasteiger partial charge in [0.15, 0.2) is 16.8 Å². The van der Waals surface area contributed by atoms with Crippen molar-refractivity contribution in [2.45, 2.75) is 5.16 Å². The largest absolute Gasteiger partial charge is 0.305 e. The van der Waals surface area contributed by atoms with Crippen molar-refractivity contribution >= 4 is 17.5 Å². The van der Waals surface area contributed by atoms with Crippen LogP contribution in [0.3, 0.4) is 0 Å². The molecule has 4 aromatic rings. The first-order chi connectivity index (χ1) is 14.1. The molecule has 0 bridgehead atoms. The van der Waals surface area contributed by atoms with Crippen LogP contribution in [-0.2, 0) is 7.05 Å². The van der Waals surface area contributed by atoms with Gasteiger partial charge in [-0.2, -0.15) is 0 Å². The molecule has 0 amide bonds. The number of halogens is 1. The first kappa shape index (κ1) is 19.1. The number of carbonyl (C=O) groups is 1. The second kappa shape index (κ2) is 8.41. The number of aromatic nitrogens is 3. The molecule has 0 aliphatic rings. The summed E-state index contributed by atoms with van der Waals surface area (Å²) in [6.07, 6.45) is 0. The molecule has 1 aromatic heterocycles. The van der Waals surface area contributed by atoms with Crippen molar-refractivity contribution in [2.75, 3.05) is 5.75 Å². The molecule has 0 N–H and O–H groups in total. The van der Waals surface area contributed by atoms with E-state index in [1.165, 1.54) is 23.9 Å². The average molecular weight is 403 g/mol. The van der Waals surface area contributed by atoms with Crippen molar-refractivity contribution in [2.24, 2.45) is 7.05 Å². The van der Waals surface area contributed by atoms with E-state index in [-0.39, 0.29) is 17.4 Å². The lowest BCUT2D eigenvalue weighted by Gasteiger charge is -2.05. The number of ketones is 1. The predicted octanol–water partition coefficient (Wildman–Crippen LogP) is 5.26. The summed E-state index contributed by atoms with van der Waals surface area (Å²) in [5, 5.41) is 8.97. The van der Waals surface area contributed by atoms with Crippen molar-refractivity contribution in [3.63, 3.8) is 0 Å². The minimum Gasteiger partial charge on any atom is -0.305 e. The van der Waals surface area contributed by atoms with Gasteiger partial charge in [-0.15, -0.1) is 10.2 Å². The van der Waals surface area contributed by atoms with Crippen molar-refractivity contribution < 1.29 is 9.18 Å². The van der Waals surface area contributed by atoms with E-state index in [4.69, 9.17) is 0 Å². The number of carbonyl (C=O) groups excluding carboxylic acids is 1. The standard InChI is InChI=1S/C23H18FN3OS/c1-27-22(19-11-13-20(24)14-12-19)25-26-23(27)29-15-21(28)18-9-7-17(8-10-18)16-5-3-2-4-6-16/h2-14H,15H2,1H3. The summed E-state index contributed by atoms with van der Waals surface area (Å²) in [6, 6.07) is 23.8. The molecule has 3 aromatic carbocycles. The molecular formula is C23H18FN3OS. The van der Waals surface area contributed by atoms with Crippen LogP contribution in [0.25, 0.3) is 22.5 Å². The van der Waals surface area contributed by atoms with Gasteiger partial charge in [0.25, 0.3) is 0 Å². The van der Waals surface area contributed by atoms with E-state index in [1.54, 1.807) is 12.1 Å². The quantitative estimate of drug-likeness (QED) is 0.325. The molecule has 0 atom stereocenters. The van der Waals surface area contributed by atoms with Gasteiger partial charge >= 0.3 is 0 Å². The maximum atomic E-state index is 13.1. The maximum absolute atomic E-state index is 13.1. The molecule has 0 radical (unpaired) electrons. The molecule has 0 saturated carbocycles. The minimum atomic E-state index is -0.297.